The standard InChI is InChI=1S/C24H21FN4O2/c1-17-7-6-8-18(13-17)29-24(27-11-4-5-12-27)19-14-28(15-21(19)26-29)23(30)16-31-22-10-3-2-9-20(22)25/h2-13H,14-16H2,1H3. The molecule has 0 bridgehead atoms. The van der Waals surface area contributed by atoms with Crippen LogP contribution in [0.15, 0.2) is 73.1 Å². The van der Waals surface area contributed by atoms with Crippen molar-refractivity contribution < 1.29 is 13.9 Å². The van der Waals surface area contributed by atoms with E-state index in [9.17, 15) is 9.18 Å². The van der Waals surface area contributed by atoms with Gasteiger partial charge in [-0.25, -0.2) is 9.07 Å². The van der Waals surface area contributed by atoms with E-state index in [4.69, 9.17) is 9.84 Å². The number of aromatic nitrogens is 3. The van der Waals surface area contributed by atoms with Crippen molar-refractivity contribution in [3.8, 4) is 17.3 Å². The van der Waals surface area contributed by atoms with E-state index in [-0.39, 0.29) is 18.3 Å². The van der Waals surface area contributed by atoms with Gasteiger partial charge in [-0.2, -0.15) is 5.10 Å². The second-order valence-corrected chi connectivity index (χ2v) is 7.56. The summed E-state index contributed by atoms with van der Waals surface area (Å²) in [6.07, 6.45) is 3.94. The van der Waals surface area contributed by atoms with Gasteiger partial charge in [-0.05, 0) is 48.9 Å². The predicted octanol–water partition coefficient (Wildman–Crippen LogP) is 4.03. The fourth-order valence-electron chi connectivity index (χ4n) is 3.85. The molecular weight excluding hydrogens is 395 g/mol. The van der Waals surface area contributed by atoms with Gasteiger partial charge in [0.25, 0.3) is 5.91 Å². The first-order valence-corrected chi connectivity index (χ1v) is 10.1. The minimum atomic E-state index is -0.482. The lowest BCUT2D eigenvalue weighted by atomic mass is 10.2. The molecule has 0 radical (unpaired) electrons. The zero-order chi connectivity index (χ0) is 21.4. The third-order valence-electron chi connectivity index (χ3n) is 5.36. The molecule has 0 saturated heterocycles. The van der Waals surface area contributed by atoms with E-state index < -0.39 is 5.82 Å². The number of rotatable bonds is 5. The molecular formula is C24H21FN4O2. The minimum Gasteiger partial charge on any atom is -0.481 e. The zero-order valence-electron chi connectivity index (χ0n) is 17.0. The van der Waals surface area contributed by atoms with Gasteiger partial charge in [-0.1, -0.05) is 24.3 Å². The van der Waals surface area contributed by atoms with E-state index in [1.165, 1.54) is 12.1 Å². The van der Waals surface area contributed by atoms with Crippen molar-refractivity contribution in [3.63, 3.8) is 0 Å². The molecule has 2 aromatic heterocycles. The molecule has 156 valence electrons. The van der Waals surface area contributed by atoms with Crippen molar-refractivity contribution in [1.29, 1.82) is 0 Å². The summed E-state index contributed by atoms with van der Waals surface area (Å²) in [5, 5.41) is 4.82. The van der Waals surface area contributed by atoms with Crippen LogP contribution < -0.4 is 4.74 Å². The third kappa shape index (κ3) is 3.59. The number of nitrogens with zero attached hydrogens (tertiary/aromatic N) is 4. The SMILES string of the molecule is Cc1cccc(-n2nc3c(c2-n2cccc2)CN(C(=O)COc2ccccc2F)C3)c1. The quantitative estimate of drug-likeness (QED) is 0.494. The molecule has 5 rings (SSSR count). The summed E-state index contributed by atoms with van der Waals surface area (Å²) in [4.78, 5) is 14.4. The summed E-state index contributed by atoms with van der Waals surface area (Å²) in [6.45, 7) is 2.64. The van der Waals surface area contributed by atoms with Crippen molar-refractivity contribution in [2.75, 3.05) is 6.61 Å². The molecule has 1 aliphatic rings. The summed E-state index contributed by atoms with van der Waals surface area (Å²) in [5.41, 5.74) is 3.97. The Kier molecular flexibility index (Phi) is 4.78. The fraction of sp³-hybridized carbons (Fsp3) is 0.167. The van der Waals surface area contributed by atoms with E-state index in [1.807, 2.05) is 58.9 Å². The van der Waals surface area contributed by atoms with Gasteiger partial charge in [0.15, 0.2) is 18.2 Å². The highest BCUT2D eigenvalue weighted by Crippen LogP contribution is 2.31. The van der Waals surface area contributed by atoms with Crippen LogP contribution in [0.2, 0.25) is 0 Å². The largest absolute Gasteiger partial charge is 0.481 e. The Hall–Kier alpha value is -3.87. The van der Waals surface area contributed by atoms with Crippen LogP contribution in [0.1, 0.15) is 16.8 Å². The topological polar surface area (TPSA) is 52.3 Å². The molecule has 7 heteroatoms. The van der Waals surface area contributed by atoms with Gasteiger partial charge in [0.1, 0.15) is 5.82 Å². The highest BCUT2D eigenvalue weighted by Gasteiger charge is 2.31. The Morgan fingerprint density at radius 1 is 1.06 bits per heavy atom. The van der Waals surface area contributed by atoms with Gasteiger partial charge < -0.3 is 14.2 Å². The first-order valence-electron chi connectivity index (χ1n) is 10.1. The van der Waals surface area contributed by atoms with Gasteiger partial charge in [0.05, 0.1) is 24.5 Å². The molecule has 1 aliphatic heterocycles. The molecule has 4 aromatic rings. The molecule has 1 amide bonds. The summed E-state index contributed by atoms with van der Waals surface area (Å²) >= 11 is 0. The average Bonchev–Trinajstić information content (AvgIpc) is 3.49. The lowest BCUT2D eigenvalue weighted by molar-refractivity contribution is -0.134. The highest BCUT2D eigenvalue weighted by molar-refractivity contribution is 5.78. The second kappa shape index (κ2) is 7.75. The maximum Gasteiger partial charge on any atom is 0.261 e. The van der Waals surface area contributed by atoms with E-state index in [1.54, 1.807) is 17.0 Å². The molecule has 0 N–H and O–H groups in total. The van der Waals surface area contributed by atoms with Crippen molar-refractivity contribution >= 4 is 5.91 Å². The molecule has 31 heavy (non-hydrogen) atoms. The van der Waals surface area contributed by atoms with Gasteiger partial charge >= 0.3 is 0 Å². The zero-order valence-corrected chi connectivity index (χ0v) is 17.0. The molecule has 0 spiro atoms. The number of benzene rings is 2. The normalized spacial score (nSPS) is 12.8. The number of carbonyl (C=O) groups excluding carboxylic acids is 1. The van der Waals surface area contributed by atoms with E-state index in [2.05, 4.69) is 6.07 Å². The number of hydrogen-bond donors (Lipinski definition) is 0. The lowest BCUT2D eigenvalue weighted by Gasteiger charge is -2.18. The molecule has 0 unspecified atom stereocenters. The molecule has 0 saturated carbocycles. The predicted molar refractivity (Wildman–Crippen MR) is 114 cm³/mol. The van der Waals surface area contributed by atoms with E-state index >= 15 is 0 Å². The molecule has 0 aliphatic carbocycles. The summed E-state index contributed by atoms with van der Waals surface area (Å²) < 4.78 is 23.1. The van der Waals surface area contributed by atoms with Crippen LogP contribution in [-0.2, 0) is 17.9 Å². The third-order valence-corrected chi connectivity index (χ3v) is 5.36. The Labute approximate surface area is 179 Å². The molecule has 2 aromatic carbocycles. The Morgan fingerprint density at radius 3 is 2.65 bits per heavy atom. The molecule has 0 atom stereocenters. The maximum atomic E-state index is 13.8. The van der Waals surface area contributed by atoms with Gasteiger partial charge in [-0.15, -0.1) is 0 Å². The Morgan fingerprint density at radius 2 is 1.87 bits per heavy atom. The number of ether oxygens (including phenoxy) is 1. The smallest absolute Gasteiger partial charge is 0.261 e. The van der Waals surface area contributed by atoms with Crippen molar-refractivity contribution in [1.82, 2.24) is 19.2 Å². The number of para-hydroxylation sites is 1. The average molecular weight is 416 g/mol. The monoisotopic (exact) mass is 416 g/mol. The second-order valence-electron chi connectivity index (χ2n) is 7.56. The van der Waals surface area contributed by atoms with Gasteiger partial charge in [-0.3, -0.25) is 4.79 Å². The number of fused-ring (bicyclic) bond motifs is 1. The van der Waals surface area contributed by atoms with Crippen LogP contribution in [0.4, 0.5) is 4.39 Å². The van der Waals surface area contributed by atoms with Crippen molar-refractivity contribution in [2.24, 2.45) is 0 Å². The number of amides is 1. The molecule has 0 fully saturated rings. The van der Waals surface area contributed by atoms with Crippen LogP contribution in [0.5, 0.6) is 5.75 Å². The van der Waals surface area contributed by atoms with Crippen LogP contribution in [0.25, 0.3) is 11.5 Å². The van der Waals surface area contributed by atoms with Crippen LogP contribution >= 0.6 is 0 Å². The molecule has 6 nitrogen and oxygen atoms in total. The Bertz CT molecular complexity index is 1250. The lowest BCUT2D eigenvalue weighted by Crippen LogP contribution is -2.31. The summed E-state index contributed by atoms with van der Waals surface area (Å²) in [7, 11) is 0. The fourth-order valence-corrected chi connectivity index (χ4v) is 3.85. The van der Waals surface area contributed by atoms with Crippen molar-refractivity contribution in [3.05, 3.63) is 95.7 Å². The first-order chi connectivity index (χ1) is 15.1. The van der Waals surface area contributed by atoms with E-state index in [0.29, 0.717) is 13.1 Å². The summed E-state index contributed by atoms with van der Waals surface area (Å²) in [5.74, 6) is 0.299. The van der Waals surface area contributed by atoms with E-state index in [0.717, 1.165) is 28.3 Å². The summed E-state index contributed by atoms with van der Waals surface area (Å²) in [6, 6.07) is 18.2. The van der Waals surface area contributed by atoms with Crippen LogP contribution in [-0.4, -0.2) is 31.8 Å². The number of aryl methyl sites for hydroxylation is 1. The Balaban J connectivity index is 1.41. The van der Waals surface area contributed by atoms with Crippen molar-refractivity contribution in [2.45, 2.75) is 20.0 Å². The maximum absolute atomic E-state index is 13.8. The molecule has 3 heterocycles. The van der Waals surface area contributed by atoms with Gasteiger partial charge in [0, 0.05) is 18.0 Å². The number of halogens is 1. The number of carbonyl (C=O) groups is 1. The number of hydrogen-bond acceptors (Lipinski definition) is 3. The highest BCUT2D eigenvalue weighted by atomic mass is 19.1. The minimum absolute atomic E-state index is 0.0745. The van der Waals surface area contributed by atoms with Gasteiger partial charge in [0.2, 0.25) is 0 Å². The van der Waals surface area contributed by atoms with Crippen LogP contribution in [0, 0.1) is 12.7 Å². The van der Waals surface area contributed by atoms with Crippen LogP contribution in [0.3, 0.4) is 0 Å². The first kappa shape index (κ1) is 19.1.